The molecule has 0 aliphatic carbocycles. The fourth-order valence-corrected chi connectivity index (χ4v) is 5.56. The van der Waals surface area contributed by atoms with E-state index in [-0.39, 0.29) is 12.2 Å². The highest BCUT2D eigenvalue weighted by Gasteiger charge is 2.35. The molecule has 7 nitrogen and oxygen atoms in total. The molecule has 35 heavy (non-hydrogen) atoms. The molecular formula is C26H25BrN2O5S. The molecule has 1 atom stereocenters. The second kappa shape index (κ2) is 10.6. The number of hydrogen-bond acceptors (Lipinski definition) is 7. The van der Waals surface area contributed by atoms with Crippen molar-refractivity contribution in [1.29, 1.82) is 0 Å². The largest absolute Gasteiger partial charge is 0.493 e. The second-order valence-corrected chi connectivity index (χ2v) is 9.53. The number of thiazole rings is 1. The van der Waals surface area contributed by atoms with E-state index in [0.717, 1.165) is 5.56 Å². The molecule has 2 heterocycles. The van der Waals surface area contributed by atoms with Gasteiger partial charge in [0, 0.05) is 4.47 Å². The predicted octanol–water partition coefficient (Wildman–Crippen LogP) is 3.97. The Morgan fingerprint density at radius 2 is 1.91 bits per heavy atom. The maximum atomic E-state index is 13.7. The van der Waals surface area contributed by atoms with E-state index in [4.69, 9.17) is 14.2 Å². The normalized spacial score (nSPS) is 15.5. The van der Waals surface area contributed by atoms with Crippen LogP contribution >= 0.6 is 27.3 Å². The predicted molar refractivity (Wildman–Crippen MR) is 139 cm³/mol. The molecule has 182 valence electrons. The first-order valence-corrected chi connectivity index (χ1v) is 12.7. The van der Waals surface area contributed by atoms with Gasteiger partial charge in [-0.05, 0) is 50.1 Å². The number of aromatic nitrogens is 1. The van der Waals surface area contributed by atoms with E-state index in [0.29, 0.717) is 48.7 Å². The quantitative estimate of drug-likeness (QED) is 0.411. The molecule has 2 aromatic carbocycles. The smallest absolute Gasteiger partial charge is 0.338 e. The molecule has 1 aliphatic rings. The van der Waals surface area contributed by atoms with E-state index < -0.39 is 12.0 Å². The fraction of sp³-hybridized carbons (Fsp3) is 0.269. The lowest BCUT2D eigenvalue weighted by Gasteiger charge is -2.26. The third-order valence-corrected chi connectivity index (χ3v) is 7.16. The number of ether oxygens (including phenoxy) is 3. The van der Waals surface area contributed by atoms with Crippen molar-refractivity contribution >= 4 is 39.3 Å². The van der Waals surface area contributed by atoms with Gasteiger partial charge in [0.05, 0.1) is 42.2 Å². The van der Waals surface area contributed by atoms with Crippen LogP contribution in [0.4, 0.5) is 0 Å². The molecule has 0 radical (unpaired) electrons. The number of methoxy groups -OCH3 is 1. The lowest BCUT2D eigenvalue weighted by molar-refractivity contribution is -0.139. The lowest BCUT2D eigenvalue weighted by Crippen LogP contribution is -2.40. The standard InChI is InChI=1S/C26H25BrN2O5S/c1-5-33-20-14-18(27)17(13-19(20)32-4)23-22(25(31)34-6-2)15(3)28-26-29(23)24(30)21(35-26)12-16-10-8-7-9-11-16/h7-14,23H,5-6H2,1-4H3/b21-12+/t23-/m1/s1. The molecule has 0 saturated carbocycles. The molecule has 9 heteroatoms. The SMILES string of the molecule is CCOC(=O)C1=C(C)N=c2s/c(=C/c3ccccc3)c(=O)n2[C@@H]1c1cc(OC)c(OCC)cc1Br. The van der Waals surface area contributed by atoms with Gasteiger partial charge in [0.25, 0.3) is 5.56 Å². The fourth-order valence-electron chi connectivity index (χ4n) is 3.97. The van der Waals surface area contributed by atoms with Gasteiger partial charge in [-0.15, -0.1) is 0 Å². The summed E-state index contributed by atoms with van der Waals surface area (Å²) in [5.74, 6) is 0.533. The highest BCUT2D eigenvalue weighted by Crippen LogP contribution is 2.40. The van der Waals surface area contributed by atoms with Gasteiger partial charge in [0.2, 0.25) is 0 Å². The Balaban J connectivity index is 2.00. The van der Waals surface area contributed by atoms with E-state index in [2.05, 4.69) is 20.9 Å². The lowest BCUT2D eigenvalue weighted by atomic mass is 9.95. The topological polar surface area (TPSA) is 79.1 Å². The average molecular weight is 557 g/mol. The minimum Gasteiger partial charge on any atom is -0.493 e. The van der Waals surface area contributed by atoms with Gasteiger partial charge < -0.3 is 14.2 Å². The average Bonchev–Trinajstić information content (AvgIpc) is 3.14. The van der Waals surface area contributed by atoms with Crippen LogP contribution in [0.3, 0.4) is 0 Å². The van der Waals surface area contributed by atoms with E-state index in [1.54, 1.807) is 37.7 Å². The monoisotopic (exact) mass is 556 g/mol. The van der Waals surface area contributed by atoms with Crippen molar-refractivity contribution in [2.75, 3.05) is 20.3 Å². The van der Waals surface area contributed by atoms with Gasteiger partial charge >= 0.3 is 5.97 Å². The molecule has 0 N–H and O–H groups in total. The minimum atomic E-state index is -0.762. The Kier molecular flexibility index (Phi) is 7.57. The van der Waals surface area contributed by atoms with Crippen LogP contribution in [-0.4, -0.2) is 30.9 Å². The number of nitrogens with zero attached hydrogens (tertiary/aromatic N) is 2. The van der Waals surface area contributed by atoms with Crippen molar-refractivity contribution in [2.45, 2.75) is 26.8 Å². The highest BCUT2D eigenvalue weighted by molar-refractivity contribution is 9.10. The molecule has 0 saturated heterocycles. The first-order valence-electron chi connectivity index (χ1n) is 11.1. The van der Waals surface area contributed by atoms with Crippen molar-refractivity contribution in [3.05, 3.63) is 89.0 Å². The van der Waals surface area contributed by atoms with E-state index >= 15 is 0 Å². The number of carbonyl (C=O) groups excluding carboxylic acids is 1. The highest BCUT2D eigenvalue weighted by atomic mass is 79.9. The van der Waals surface area contributed by atoms with E-state index in [9.17, 15) is 9.59 Å². The Labute approximate surface area is 215 Å². The maximum Gasteiger partial charge on any atom is 0.338 e. The summed E-state index contributed by atoms with van der Waals surface area (Å²) >= 11 is 4.91. The van der Waals surface area contributed by atoms with Crippen LogP contribution in [-0.2, 0) is 9.53 Å². The molecule has 0 spiro atoms. The van der Waals surface area contributed by atoms with Crippen molar-refractivity contribution < 1.29 is 19.0 Å². The number of rotatable bonds is 7. The molecule has 0 amide bonds. The van der Waals surface area contributed by atoms with Crippen molar-refractivity contribution in [3.63, 3.8) is 0 Å². The van der Waals surface area contributed by atoms with Gasteiger partial charge in [-0.25, -0.2) is 9.79 Å². The van der Waals surface area contributed by atoms with Crippen LogP contribution < -0.4 is 24.4 Å². The molecule has 4 rings (SSSR count). The van der Waals surface area contributed by atoms with E-state index in [1.165, 1.54) is 11.3 Å². The Bertz CT molecular complexity index is 1470. The van der Waals surface area contributed by atoms with Gasteiger partial charge in [-0.2, -0.15) is 0 Å². The minimum absolute atomic E-state index is 0.203. The van der Waals surface area contributed by atoms with Crippen LogP contribution in [0.5, 0.6) is 11.5 Å². The summed E-state index contributed by atoms with van der Waals surface area (Å²) < 4.78 is 19.4. The van der Waals surface area contributed by atoms with Crippen molar-refractivity contribution in [1.82, 2.24) is 4.57 Å². The summed E-state index contributed by atoms with van der Waals surface area (Å²) in [4.78, 5) is 31.9. The van der Waals surface area contributed by atoms with Crippen LogP contribution in [0.25, 0.3) is 6.08 Å². The molecule has 1 aromatic heterocycles. The Hall–Kier alpha value is -3.17. The number of allylic oxidation sites excluding steroid dienone is 1. The Morgan fingerprint density at radius 1 is 1.17 bits per heavy atom. The molecule has 0 bridgehead atoms. The van der Waals surface area contributed by atoms with Crippen LogP contribution in [0.1, 0.15) is 37.9 Å². The third-order valence-electron chi connectivity index (χ3n) is 5.49. The zero-order valence-electron chi connectivity index (χ0n) is 19.8. The number of carbonyl (C=O) groups is 1. The van der Waals surface area contributed by atoms with Gasteiger partial charge in [-0.3, -0.25) is 9.36 Å². The summed E-state index contributed by atoms with van der Waals surface area (Å²) in [6, 6.07) is 12.4. The van der Waals surface area contributed by atoms with Gasteiger partial charge in [-0.1, -0.05) is 57.6 Å². The summed E-state index contributed by atoms with van der Waals surface area (Å²) in [6.45, 7) is 6.05. The van der Waals surface area contributed by atoms with Crippen LogP contribution in [0.15, 0.2) is 68.0 Å². The first kappa shape index (κ1) is 24.9. The number of fused-ring (bicyclic) bond motifs is 1. The summed E-state index contributed by atoms with van der Waals surface area (Å²) in [6.07, 6.45) is 1.83. The second-order valence-electron chi connectivity index (χ2n) is 7.67. The molecule has 1 aliphatic heterocycles. The number of hydrogen-bond donors (Lipinski definition) is 0. The number of esters is 1. The van der Waals surface area contributed by atoms with Gasteiger partial charge in [0.1, 0.15) is 0 Å². The zero-order valence-corrected chi connectivity index (χ0v) is 22.2. The third kappa shape index (κ3) is 4.83. The summed E-state index contributed by atoms with van der Waals surface area (Å²) in [7, 11) is 1.55. The van der Waals surface area contributed by atoms with Crippen LogP contribution in [0, 0.1) is 0 Å². The first-order chi connectivity index (χ1) is 16.9. The summed E-state index contributed by atoms with van der Waals surface area (Å²) in [5, 5.41) is 0. The number of halogens is 1. The zero-order chi connectivity index (χ0) is 25.1. The Morgan fingerprint density at radius 3 is 2.57 bits per heavy atom. The van der Waals surface area contributed by atoms with Crippen LogP contribution in [0.2, 0.25) is 0 Å². The van der Waals surface area contributed by atoms with Crippen molar-refractivity contribution in [3.8, 4) is 11.5 Å². The maximum absolute atomic E-state index is 13.7. The molecule has 0 unspecified atom stereocenters. The van der Waals surface area contributed by atoms with Gasteiger partial charge in [0.15, 0.2) is 16.3 Å². The molecule has 3 aromatic rings. The van der Waals surface area contributed by atoms with E-state index in [1.807, 2.05) is 43.3 Å². The molecular weight excluding hydrogens is 532 g/mol. The summed E-state index contributed by atoms with van der Waals surface area (Å²) in [5.41, 5.74) is 2.13. The number of benzene rings is 2. The van der Waals surface area contributed by atoms with Crippen molar-refractivity contribution in [2.24, 2.45) is 4.99 Å². The molecule has 0 fully saturated rings.